The smallest absolute Gasteiger partial charge is 0.0395 e. The molecular formula is C17H29N. The van der Waals surface area contributed by atoms with Crippen molar-refractivity contribution < 1.29 is 0 Å². The van der Waals surface area contributed by atoms with Crippen LogP contribution in [0.15, 0.2) is 35.6 Å². The first-order valence-electron chi connectivity index (χ1n) is 7.15. The lowest BCUT2D eigenvalue weighted by Gasteiger charge is -2.31. The summed E-state index contributed by atoms with van der Waals surface area (Å²) >= 11 is 0. The van der Waals surface area contributed by atoms with Gasteiger partial charge in [-0.15, -0.1) is 0 Å². The first-order chi connectivity index (χ1) is 8.43. The summed E-state index contributed by atoms with van der Waals surface area (Å²) in [5.74, 6) is 0. The standard InChI is InChI=1S/C17H29N/c1-7-9-16(15(5)14(3)4)18(12-8-2)13-17(6)10-11-17/h7,9H,1,8,10-13H2,2-6H3/b16-9+. The molecule has 0 amide bonds. The van der Waals surface area contributed by atoms with Crippen molar-refractivity contribution in [1.29, 1.82) is 0 Å². The Bertz CT molecular complexity index is 352. The van der Waals surface area contributed by atoms with E-state index in [1.54, 1.807) is 0 Å². The Hall–Kier alpha value is -0.980. The van der Waals surface area contributed by atoms with E-state index in [0.29, 0.717) is 5.41 Å². The van der Waals surface area contributed by atoms with Gasteiger partial charge in [0.05, 0.1) is 0 Å². The fourth-order valence-corrected chi connectivity index (χ4v) is 2.22. The molecule has 0 atom stereocenters. The Balaban J connectivity index is 2.94. The van der Waals surface area contributed by atoms with Gasteiger partial charge in [-0.25, -0.2) is 0 Å². The average Bonchev–Trinajstić information content (AvgIpc) is 3.02. The number of rotatable bonds is 7. The Morgan fingerprint density at radius 2 is 1.89 bits per heavy atom. The molecule has 0 spiro atoms. The third kappa shape index (κ3) is 4.04. The van der Waals surface area contributed by atoms with Crippen LogP contribution in [0.3, 0.4) is 0 Å². The molecule has 0 N–H and O–H groups in total. The zero-order valence-corrected chi connectivity index (χ0v) is 12.8. The van der Waals surface area contributed by atoms with Gasteiger partial charge in [-0.3, -0.25) is 0 Å². The highest BCUT2D eigenvalue weighted by atomic mass is 15.1. The van der Waals surface area contributed by atoms with Crippen molar-refractivity contribution in [3.8, 4) is 0 Å². The Labute approximate surface area is 113 Å². The van der Waals surface area contributed by atoms with Crippen LogP contribution in [0.4, 0.5) is 0 Å². The lowest BCUT2D eigenvalue weighted by molar-refractivity contribution is 0.287. The molecule has 0 radical (unpaired) electrons. The molecule has 1 saturated carbocycles. The lowest BCUT2D eigenvalue weighted by atomic mass is 10.0. The third-order valence-electron chi connectivity index (χ3n) is 3.92. The minimum Gasteiger partial charge on any atom is -0.371 e. The van der Waals surface area contributed by atoms with E-state index in [1.807, 2.05) is 6.08 Å². The molecule has 1 aliphatic carbocycles. The molecule has 1 rings (SSSR count). The Kier molecular flexibility index (Phi) is 5.25. The summed E-state index contributed by atoms with van der Waals surface area (Å²) in [6.45, 7) is 17.5. The molecule has 102 valence electrons. The van der Waals surface area contributed by atoms with Gasteiger partial charge in [0.2, 0.25) is 0 Å². The zero-order chi connectivity index (χ0) is 13.8. The molecule has 0 unspecified atom stereocenters. The van der Waals surface area contributed by atoms with Crippen molar-refractivity contribution in [2.45, 2.75) is 53.9 Å². The summed E-state index contributed by atoms with van der Waals surface area (Å²) in [4.78, 5) is 2.55. The van der Waals surface area contributed by atoms with Gasteiger partial charge in [-0.1, -0.05) is 32.1 Å². The van der Waals surface area contributed by atoms with E-state index in [-0.39, 0.29) is 0 Å². The van der Waals surface area contributed by atoms with Crippen LogP contribution >= 0.6 is 0 Å². The second-order valence-electron chi connectivity index (χ2n) is 6.14. The second kappa shape index (κ2) is 6.26. The maximum Gasteiger partial charge on any atom is 0.0395 e. The van der Waals surface area contributed by atoms with Crippen molar-refractivity contribution in [2.24, 2.45) is 5.41 Å². The van der Waals surface area contributed by atoms with Crippen LogP contribution in [0.1, 0.15) is 53.9 Å². The van der Waals surface area contributed by atoms with Crippen LogP contribution < -0.4 is 0 Å². The van der Waals surface area contributed by atoms with Gasteiger partial charge >= 0.3 is 0 Å². The van der Waals surface area contributed by atoms with Crippen LogP contribution in [0.25, 0.3) is 0 Å². The first-order valence-corrected chi connectivity index (χ1v) is 7.15. The lowest BCUT2D eigenvalue weighted by Crippen LogP contribution is -2.30. The summed E-state index contributed by atoms with van der Waals surface area (Å²) in [5.41, 5.74) is 4.70. The third-order valence-corrected chi connectivity index (χ3v) is 3.92. The van der Waals surface area contributed by atoms with Gasteiger partial charge in [0.25, 0.3) is 0 Å². The van der Waals surface area contributed by atoms with Crippen LogP contribution in [0.5, 0.6) is 0 Å². The number of hydrogen-bond donors (Lipinski definition) is 0. The Morgan fingerprint density at radius 1 is 1.28 bits per heavy atom. The maximum absolute atomic E-state index is 3.87. The molecule has 0 aliphatic heterocycles. The molecule has 0 heterocycles. The number of hydrogen-bond acceptors (Lipinski definition) is 1. The molecule has 18 heavy (non-hydrogen) atoms. The average molecular weight is 247 g/mol. The van der Waals surface area contributed by atoms with Crippen LogP contribution in [-0.4, -0.2) is 18.0 Å². The fourth-order valence-electron chi connectivity index (χ4n) is 2.22. The predicted octanol–water partition coefficient (Wildman–Crippen LogP) is 4.92. The van der Waals surface area contributed by atoms with Gasteiger partial charge in [-0.2, -0.15) is 0 Å². The summed E-state index contributed by atoms with van der Waals surface area (Å²) in [6, 6.07) is 0. The summed E-state index contributed by atoms with van der Waals surface area (Å²) in [5, 5.41) is 0. The van der Waals surface area contributed by atoms with E-state index in [1.165, 1.54) is 42.7 Å². The highest BCUT2D eigenvalue weighted by Crippen LogP contribution is 2.46. The molecule has 1 nitrogen and oxygen atoms in total. The van der Waals surface area contributed by atoms with E-state index in [9.17, 15) is 0 Å². The molecule has 0 aromatic heterocycles. The topological polar surface area (TPSA) is 3.24 Å². The Morgan fingerprint density at radius 3 is 2.28 bits per heavy atom. The molecule has 0 aromatic carbocycles. The van der Waals surface area contributed by atoms with E-state index in [4.69, 9.17) is 0 Å². The monoisotopic (exact) mass is 247 g/mol. The van der Waals surface area contributed by atoms with E-state index >= 15 is 0 Å². The summed E-state index contributed by atoms with van der Waals surface area (Å²) in [6.07, 6.45) is 8.04. The second-order valence-corrected chi connectivity index (χ2v) is 6.14. The van der Waals surface area contributed by atoms with Crippen molar-refractivity contribution >= 4 is 0 Å². The largest absolute Gasteiger partial charge is 0.371 e. The molecular weight excluding hydrogens is 218 g/mol. The van der Waals surface area contributed by atoms with Crippen LogP contribution in [-0.2, 0) is 0 Å². The van der Waals surface area contributed by atoms with Gasteiger partial charge in [0, 0.05) is 18.8 Å². The summed E-state index contributed by atoms with van der Waals surface area (Å²) < 4.78 is 0. The zero-order valence-electron chi connectivity index (χ0n) is 12.8. The van der Waals surface area contributed by atoms with Gasteiger partial charge < -0.3 is 4.90 Å². The fraction of sp³-hybridized carbons (Fsp3) is 0.647. The molecule has 0 saturated heterocycles. The molecule has 0 aromatic rings. The summed E-state index contributed by atoms with van der Waals surface area (Å²) in [7, 11) is 0. The van der Waals surface area contributed by atoms with Crippen molar-refractivity contribution in [3.05, 3.63) is 35.6 Å². The van der Waals surface area contributed by atoms with Crippen LogP contribution in [0, 0.1) is 5.41 Å². The first kappa shape index (κ1) is 15.1. The van der Waals surface area contributed by atoms with Gasteiger partial charge in [-0.05, 0) is 57.1 Å². The normalized spacial score (nSPS) is 17.3. The van der Waals surface area contributed by atoms with Crippen molar-refractivity contribution in [2.75, 3.05) is 13.1 Å². The van der Waals surface area contributed by atoms with Crippen molar-refractivity contribution in [3.63, 3.8) is 0 Å². The van der Waals surface area contributed by atoms with Crippen LogP contribution in [0.2, 0.25) is 0 Å². The SMILES string of the molecule is C=C/C=C(\C(C)=C(C)C)N(CCC)CC1(C)CC1. The van der Waals surface area contributed by atoms with Gasteiger partial charge in [0.15, 0.2) is 0 Å². The van der Waals surface area contributed by atoms with E-state index < -0.39 is 0 Å². The highest BCUT2D eigenvalue weighted by Gasteiger charge is 2.39. The molecule has 1 aliphatic rings. The number of allylic oxidation sites excluding steroid dienone is 4. The molecule has 0 bridgehead atoms. The van der Waals surface area contributed by atoms with E-state index in [2.05, 4.69) is 52.2 Å². The highest BCUT2D eigenvalue weighted by molar-refractivity contribution is 5.34. The molecule has 1 fully saturated rings. The minimum absolute atomic E-state index is 0.553. The number of nitrogens with zero attached hydrogens (tertiary/aromatic N) is 1. The quantitative estimate of drug-likeness (QED) is 0.577. The predicted molar refractivity (Wildman–Crippen MR) is 81.5 cm³/mol. The molecule has 1 heteroatoms. The van der Waals surface area contributed by atoms with Crippen molar-refractivity contribution in [1.82, 2.24) is 4.90 Å². The van der Waals surface area contributed by atoms with Gasteiger partial charge in [0.1, 0.15) is 0 Å². The minimum atomic E-state index is 0.553. The van der Waals surface area contributed by atoms with E-state index in [0.717, 1.165) is 6.54 Å². The maximum atomic E-state index is 3.87.